The minimum Gasteiger partial charge on any atom is -0.381 e. The van der Waals surface area contributed by atoms with Gasteiger partial charge >= 0.3 is 0 Å². The van der Waals surface area contributed by atoms with Crippen LogP contribution in [0.25, 0.3) is 0 Å². The highest BCUT2D eigenvalue weighted by molar-refractivity contribution is 5.15. The second-order valence-corrected chi connectivity index (χ2v) is 8.32. The Morgan fingerprint density at radius 2 is 1.96 bits per heavy atom. The van der Waals surface area contributed by atoms with Crippen molar-refractivity contribution in [3.8, 4) is 0 Å². The molecule has 0 radical (unpaired) electrons. The number of ether oxygens (including phenoxy) is 1. The van der Waals surface area contributed by atoms with E-state index in [1.165, 1.54) is 57.2 Å². The minimum absolute atomic E-state index is 0.483. The smallest absolute Gasteiger partial charge is 0.0523 e. The van der Waals surface area contributed by atoms with Crippen LogP contribution in [0.4, 0.5) is 0 Å². The number of likely N-dealkylation sites (tertiary alicyclic amines) is 1. The first-order chi connectivity index (χ1) is 11.8. The molecule has 1 spiro atoms. The summed E-state index contributed by atoms with van der Waals surface area (Å²) in [5, 5.41) is 0. The van der Waals surface area contributed by atoms with Gasteiger partial charge in [0.05, 0.1) is 6.61 Å². The molecular weight excluding hydrogens is 296 g/mol. The predicted molar refractivity (Wildman–Crippen MR) is 98.0 cm³/mol. The van der Waals surface area contributed by atoms with E-state index < -0.39 is 0 Å². The molecule has 0 aromatic heterocycles. The van der Waals surface area contributed by atoms with E-state index in [1.54, 1.807) is 0 Å². The van der Waals surface area contributed by atoms with Crippen molar-refractivity contribution in [3.05, 3.63) is 35.9 Å². The van der Waals surface area contributed by atoms with Crippen LogP contribution in [0.1, 0.15) is 44.1 Å². The maximum absolute atomic E-state index is 5.81. The van der Waals surface area contributed by atoms with Crippen molar-refractivity contribution in [2.75, 3.05) is 33.4 Å². The van der Waals surface area contributed by atoms with Crippen LogP contribution < -0.4 is 0 Å². The standard InChI is InChI=1S/C21H32N2O/c1-22(16-18-7-3-2-4-8-18)19-9-10-21(11-14-24-17-21)15-20(19)23-12-5-6-13-23/h2-4,7-8,19-20H,5-6,9-17H2,1H3. The lowest BCUT2D eigenvalue weighted by atomic mass is 9.69. The number of benzene rings is 1. The Morgan fingerprint density at radius 1 is 1.17 bits per heavy atom. The predicted octanol–water partition coefficient (Wildman–Crippen LogP) is 3.54. The van der Waals surface area contributed by atoms with Crippen LogP contribution in [-0.4, -0.2) is 55.2 Å². The number of rotatable bonds is 4. The number of likely N-dealkylation sites (N-methyl/N-ethyl adjacent to an activating group) is 1. The van der Waals surface area contributed by atoms with E-state index in [-0.39, 0.29) is 0 Å². The SMILES string of the molecule is CN(Cc1ccccc1)C1CCC2(CCOC2)CC1N1CCCC1. The third-order valence-corrected chi connectivity index (χ3v) is 6.69. The molecule has 3 aliphatic rings. The zero-order chi connectivity index (χ0) is 16.4. The molecule has 4 rings (SSSR count). The lowest BCUT2D eigenvalue weighted by molar-refractivity contribution is 0.00720. The summed E-state index contributed by atoms with van der Waals surface area (Å²) in [5.41, 5.74) is 1.92. The fourth-order valence-corrected chi connectivity index (χ4v) is 5.28. The Balaban J connectivity index is 1.49. The largest absolute Gasteiger partial charge is 0.381 e. The summed E-state index contributed by atoms with van der Waals surface area (Å²) in [5.74, 6) is 0. The maximum atomic E-state index is 5.81. The molecule has 0 amide bonds. The van der Waals surface area contributed by atoms with Gasteiger partial charge in [0.15, 0.2) is 0 Å². The molecule has 3 atom stereocenters. The van der Waals surface area contributed by atoms with Gasteiger partial charge in [-0.1, -0.05) is 30.3 Å². The van der Waals surface area contributed by atoms with Crippen molar-refractivity contribution >= 4 is 0 Å². The lowest BCUT2D eigenvalue weighted by Crippen LogP contribution is -2.55. The highest BCUT2D eigenvalue weighted by Crippen LogP contribution is 2.45. The Kier molecular flexibility index (Phi) is 4.93. The molecule has 1 aromatic rings. The highest BCUT2D eigenvalue weighted by atomic mass is 16.5. The van der Waals surface area contributed by atoms with Crippen LogP contribution in [0.3, 0.4) is 0 Å². The van der Waals surface area contributed by atoms with Crippen LogP contribution >= 0.6 is 0 Å². The third-order valence-electron chi connectivity index (χ3n) is 6.69. The third kappa shape index (κ3) is 3.40. The summed E-state index contributed by atoms with van der Waals surface area (Å²) in [6, 6.07) is 12.4. The van der Waals surface area contributed by atoms with E-state index in [0.29, 0.717) is 11.5 Å². The average molecular weight is 329 g/mol. The van der Waals surface area contributed by atoms with Crippen LogP contribution in [0, 0.1) is 5.41 Å². The van der Waals surface area contributed by atoms with Crippen molar-refractivity contribution in [3.63, 3.8) is 0 Å². The second-order valence-electron chi connectivity index (χ2n) is 8.32. The quantitative estimate of drug-likeness (QED) is 0.841. The first-order valence-corrected chi connectivity index (χ1v) is 9.82. The number of hydrogen-bond acceptors (Lipinski definition) is 3. The van der Waals surface area contributed by atoms with Crippen LogP contribution in [0.2, 0.25) is 0 Å². The molecule has 1 saturated carbocycles. The van der Waals surface area contributed by atoms with E-state index in [1.807, 2.05) is 0 Å². The summed E-state index contributed by atoms with van der Waals surface area (Å²) in [6.45, 7) is 5.66. The molecule has 3 fully saturated rings. The molecule has 1 aromatic carbocycles. The normalized spacial score (nSPS) is 34.4. The number of nitrogens with zero attached hydrogens (tertiary/aromatic N) is 2. The molecule has 132 valence electrons. The average Bonchev–Trinajstić information content (AvgIpc) is 3.28. The van der Waals surface area contributed by atoms with Gasteiger partial charge < -0.3 is 4.74 Å². The van der Waals surface area contributed by atoms with E-state index in [9.17, 15) is 0 Å². The van der Waals surface area contributed by atoms with Gasteiger partial charge in [0, 0.05) is 25.2 Å². The summed E-state index contributed by atoms with van der Waals surface area (Å²) in [6.07, 6.45) is 8.07. The molecule has 3 nitrogen and oxygen atoms in total. The maximum Gasteiger partial charge on any atom is 0.0523 e. The van der Waals surface area contributed by atoms with Gasteiger partial charge in [0.2, 0.25) is 0 Å². The lowest BCUT2D eigenvalue weighted by Gasteiger charge is -2.48. The van der Waals surface area contributed by atoms with Gasteiger partial charge in [-0.15, -0.1) is 0 Å². The van der Waals surface area contributed by atoms with Crippen LogP contribution in [-0.2, 0) is 11.3 Å². The van der Waals surface area contributed by atoms with Crippen LogP contribution in [0.5, 0.6) is 0 Å². The first-order valence-electron chi connectivity index (χ1n) is 9.82. The van der Waals surface area contributed by atoms with Crippen molar-refractivity contribution in [2.45, 2.75) is 57.2 Å². The van der Waals surface area contributed by atoms with E-state index >= 15 is 0 Å². The second kappa shape index (κ2) is 7.15. The summed E-state index contributed by atoms with van der Waals surface area (Å²) in [4.78, 5) is 5.42. The summed E-state index contributed by atoms with van der Waals surface area (Å²) < 4.78 is 5.81. The zero-order valence-corrected chi connectivity index (χ0v) is 15.1. The monoisotopic (exact) mass is 328 g/mol. The fourth-order valence-electron chi connectivity index (χ4n) is 5.28. The van der Waals surface area contributed by atoms with Gasteiger partial charge in [0.25, 0.3) is 0 Å². The first kappa shape index (κ1) is 16.6. The van der Waals surface area contributed by atoms with Crippen molar-refractivity contribution in [1.82, 2.24) is 9.80 Å². The van der Waals surface area contributed by atoms with Gasteiger partial charge in [-0.3, -0.25) is 9.80 Å². The molecule has 0 N–H and O–H groups in total. The molecule has 24 heavy (non-hydrogen) atoms. The Morgan fingerprint density at radius 3 is 2.67 bits per heavy atom. The Hall–Kier alpha value is -0.900. The minimum atomic E-state index is 0.483. The molecule has 0 bridgehead atoms. The molecule has 2 heterocycles. The van der Waals surface area contributed by atoms with Crippen molar-refractivity contribution in [2.24, 2.45) is 5.41 Å². The van der Waals surface area contributed by atoms with Gasteiger partial charge in [0.1, 0.15) is 0 Å². The molecule has 1 aliphatic carbocycles. The fraction of sp³-hybridized carbons (Fsp3) is 0.714. The number of hydrogen-bond donors (Lipinski definition) is 0. The van der Waals surface area contributed by atoms with E-state index in [4.69, 9.17) is 4.74 Å². The van der Waals surface area contributed by atoms with E-state index in [2.05, 4.69) is 47.2 Å². The van der Waals surface area contributed by atoms with Crippen molar-refractivity contribution in [1.29, 1.82) is 0 Å². The Labute approximate surface area is 147 Å². The van der Waals surface area contributed by atoms with Crippen molar-refractivity contribution < 1.29 is 4.74 Å². The van der Waals surface area contributed by atoms with Gasteiger partial charge in [-0.2, -0.15) is 0 Å². The Bertz CT molecular complexity index is 520. The molecular formula is C21H32N2O. The summed E-state index contributed by atoms with van der Waals surface area (Å²) in [7, 11) is 2.34. The topological polar surface area (TPSA) is 15.7 Å². The highest BCUT2D eigenvalue weighted by Gasteiger charge is 2.46. The zero-order valence-electron chi connectivity index (χ0n) is 15.1. The molecule has 2 saturated heterocycles. The van der Waals surface area contributed by atoms with Gasteiger partial charge in [-0.25, -0.2) is 0 Å². The molecule has 2 aliphatic heterocycles. The van der Waals surface area contributed by atoms with E-state index in [0.717, 1.165) is 25.8 Å². The summed E-state index contributed by atoms with van der Waals surface area (Å²) >= 11 is 0. The van der Waals surface area contributed by atoms with Gasteiger partial charge in [-0.05, 0) is 69.6 Å². The van der Waals surface area contributed by atoms with Crippen LogP contribution in [0.15, 0.2) is 30.3 Å². The molecule has 3 unspecified atom stereocenters. The molecule has 3 heteroatoms.